The number of Topliss-reactive ketones (excluding diaryl/α,β-unsaturated/α-hetero) is 1. The Kier molecular flexibility index (Phi) is 14.8. The number of ketones is 1. The first-order valence-electron chi connectivity index (χ1n) is 27.1. The number of pyridine rings is 2. The van der Waals surface area contributed by atoms with Gasteiger partial charge in [-0.1, -0.05) is 137 Å². The van der Waals surface area contributed by atoms with Gasteiger partial charge < -0.3 is 14.9 Å². The van der Waals surface area contributed by atoms with Gasteiger partial charge in [0.1, 0.15) is 0 Å². The van der Waals surface area contributed by atoms with Crippen LogP contribution in [0.5, 0.6) is 0 Å². The third-order valence-corrected chi connectivity index (χ3v) is 15.8. The summed E-state index contributed by atoms with van der Waals surface area (Å²) in [5.41, 5.74) is 5.86. The second-order valence-electron chi connectivity index (χ2n) is 21.0. The van der Waals surface area contributed by atoms with Gasteiger partial charge in [0.2, 0.25) is 11.9 Å². The minimum atomic E-state index is -0.420. The van der Waals surface area contributed by atoms with Gasteiger partial charge in [-0.15, -0.1) is 0 Å². The molecule has 2 saturated carbocycles. The highest BCUT2D eigenvalue weighted by molar-refractivity contribution is 5.92. The molecule has 0 spiro atoms. The number of aromatic nitrogens is 6. The van der Waals surface area contributed by atoms with Crippen molar-refractivity contribution in [3.05, 3.63) is 155 Å². The Bertz CT molecular complexity index is 3380. The summed E-state index contributed by atoms with van der Waals surface area (Å²) < 4.78 is 3.58. The number of aliphatic hydroxyl groups excluding tert-OH is 1. The van der Waals surface area contributed by atoms with Crippen LogP contribution < -0.4 is 20.9 Å². The van der Waals surface area contributed by atoms with Crippen molar-refractivity contribution in [1.82, 2.24) is 29.1 Å². The number of fused-ring (bicyclic) bond motifs is 4. The van der Waals surface area contributed by atoms with Crippen LogP contribution in [0.2, 0.25) is 0 Å². The van der Waals surface area contributed by atoms with E-state index in [1.54, 1.807) is 29.4 Å². The summed E-state index contributed by atoms with van der Waals surface area (Å²) in [6, 6.07) is 36.3. The Morgan fingerprint density at radius 2 is 0.973 bits per heavy atom. The predicted molar refractivity (Wildman–Crippen MR) is 296 cm³/mol. The highest BCUT2D eigenvalue weighted by Crippen LogP contribution is 2.36. The molecule has 0 saturated heterocycles. The first-order chi connectivity index (χ1) is 36.3. The lowest BCUT2D eigenvalue weighted by Crippen LogP contribution is -2.43. The van der Waals surface area contributed by atoms with E-state index in [4.69, 9.17) is 9.97 Å². The van der Waals surface area contributed by atoms with E-state index in [9.17, 15) is 19.5 Å². The second kappa shape index (κ2) is 22.4. The minimum absolute atomic E-state index is 0.0291. The van der Waals surface area contributed by atoms with Crippen LogP contribution in [0.4, 0.5) is 11.9 Å². The van der Waals surface area contributed by atoms with Gasteiger partial charge in [0.15, 0.2) is 5.78 Å². The summed E-state index contributed by atoms with van der Waals surface area (Å²) in [7, 11) is 0. The highest BCUT2D eigenvalue weighted by atomic mass is 16.3. The normalized spacial score (nSPS) is 16.6. The summed E-state index contributed by atoms with van der Waals surface area (Å²) in [6.45, 7) is 3.58. The van der Waals surface area contributed by atoms with Gasteiger partial charge in [-0.2, -0.15) is 0 Å². The van der Waals surface area contributed by atoms with Crippen molar-refractivity contribution >= 4 is 39.2 Å². The van der Waals surface area contributed by atoms with Crippen molar-refractivity contribution in [2.75, 3.05) is 36.0 Å². The van der Waals surface area contributed by atoms with Gasteiger partial charge in [0, 0.05) is 75.1 Å². The van der Waals surface area contributed by atoms with Crippen LogP contribution in [0.25, 0.3) is 66.3 Å². The van der Waals surface area contributed by atoms with Crippen molar-refractivity contribution in [2.24, 2.45) is 11.8 Å². The van der Waals surface area contributed by atoms with Crippen LogP contribution in [-0.2, 0) is 17.9 Å². The molecule has 2 aliphatic heterocycles. The highest BCUT2D eigenvalue weighted by Gasteiger charge is 2.30. The molecule has 12 rings (SSSR count). The molecule has 74 heavy (non-hydrogen) atoms. The molecule has 6 heterocycles. The number of aliphatic hydroxyl groups is 1. The van der Waals surface area contributed by atoms with Crippen molar-refractivity contribution in [2.45, 2.75) is 109 Å². The van der Waals surface area contributed by atoms with Crippen LogP contribution in [0.15, 0.2) is 144 Å². The molecule has 1 atom stereocenters. The molecule has 8 aromatic rings. The molecule has 2 fully saturated rings. The van der Waals surface area contributed by atoms with E-state index in [-0.39, 0.29) is 16.9 Å². The summed E-state index contributed by atoms with van der Waals surface area (Å²) in [6.07, 6.45) is 22.0. The largest absolute Gasteiger partial charge is 0.391 e. The zero-order valence-corrected chi connectivity index (χ0v) is 42.3. The molecule has 0 amide bonds. The van der Waals surface area contributed by atoms with Crippen LogP contribution in [0.3, 0.4) is 0 Å². The molecule has 378 valence electrons. The number of benzene rings is 4. The molecule has 0 bridgehead atoms. The molecule has 2 aliphatic carbocycles. The average molecular weight is 987 g/mol. The average Bonchev–Trinajstić information content (AvgIpc) is 3.44. The maximum Gasteiger partial charge on any atom is 0.263 e. The van der Waals surface area contributed by atoms with E-state index >= 15 is 0 Å². The van der Waals surface area contributed by atoms with Crippen LogP contribution in [0, 0.1) is 11.8 Å². The van der Waals surface area contributed by atoms with Crippen LogP contribution in [0.1, 0.15) is 89.9 Å². The maximum absolute atomic E-state index is 14.1. The number of carbonyl (C=O) groups excluding carboxylic acids is 1. The van der Waals surface area contributed by atoms with E-state index in [2.05, 4.69) is 63.4 Å². The minimum Gasteiger partial charge on any atom is -0.391 e. The predicted octanol–water partition coefficient (Wildman–Crippen LogP) is 11.5. The third kappa shape index (κ3) is 10.7. The molecular formula is C62H66N8O4. The van der Waals surface area contributed by atoms with Gasteiger partial charge in [-0.3, -0.25) is 33.5 Å². The van der Waals surface area contributed by atoms with E-state index < -0.39 is 6.10 Å². The SMILES string of the molecule is O=C(CC1CCCCC1)CN1CCCn2c1nc(-c1ccncc1)c(-c1ccc3ccccc3c1)c2=O.O=c1c(-c2ccc3ccccc3c2)c(-c2ccncc2)nc2n1CCCN2CC(O)CC1CCCCC1. The van der Waals surface area contributed by atoms with Gasteiger partial charge >= 0.3 is 0 Å². The molecule has 4 aromatic carbocycles. The summed E-state index contributed by atoms with van der Waals surface area (Å²) >= 11 is 0. The molecule has 1 N–H and O–H groups in total. The topological polar surface area (TPSA) is 139 Å². The van der Waals surface area contributed by atoms with Crippen molar-refractivity contribution in [1.29, 1.82) is 0 Å². The molecule has 12 nitrogen and oxygen atoms in total. The lowest BCUT2D eigenvalue weighted by atomic mass is 9.85. The molecular weight excluding hydrogens is 921 g/mol. The number of carbonyl (C=O) groups is 1. The Labute approximate surface area is 432 Å². The van der Waals surface area contributed by atoms with E-state index in [1.807, 2.05) is 70.1 Å². The Balaban J connectivity index is 0.000000159. The number of hydrogen-bond donors (Lipinski definition) is 1. The summed E-state index contributed by atoms with van der Waals surface area (Å²) in [5.74, 6) is 2.62. The quantitative estimate of drug-likeness (QED) is 0.126. The van der Waals surface area contributed by atoms with Crippen molar-refractivity contribution in [3.63, 3.8) is 0 Å². The van der Waals surface area contributed by atoms with Gasteiger partial charge in [0.05, 0.1) is 35.2 Å². The lowest BCUT2D eigenvalue weighted by molar-refractivity contribution is -0.119. The first kappa shape index (κ1) is 48.9. The fourth-order valence-corrected chi connectivity index (χ4v) is 12.1. The zero-order chi connectivity index (χ0) is 50.4. The van der Waals surface area contributed by atoms with E-state index in [0.717, 1.165) is 89.0 Å². The number of anilines is 2. The molecule has 1 unspecified atom stereocenters. The number of nitrogens with zero attached hydrogens (tertiary/aromatic N) is 8. The Morgan fingerprint density at radius 3 is 1.49 bits per heavy atom. The standard InChI is InChI=1S/C31H34N4O2.C31H32N4O2/c2*36-27(19-22-7-2-1-3-8-22)21-34-17-6-18-35-30(37)28(26-12-11-23-9-4-5-10-25(23)20-26)29(33-31(34)35)24-13-15-32-16-14-24/h4-5,9-16,20,22,27,36H,1-3,6-8,17-19,21H2;4-5,9-16,20,22H,1-3,6-8,17-19,21H2. The van der Waals surface area contributed by atoms with E-state index in [1.165, 1.54) is 51.4 Å². The number of β-amino-alcohol motifs (C(OH)–C–C–N with tert-alkyl or cyclic N) is 1. The summed E-state index contributed by atoms with van der Waals surface area (Å²) in [5, 5.41) is 15.4. The Hall–Kier alpha value is -7.31. The van der Waals surface area contributed by atoms with Gasteiger partial charge in [-0.25, -0.2) is 9.97 Å². The second-order valence-corrected chi connectivity index (χ2v) is 21.0. The molecule has 0 radical (unpaired) electrons. The molecule has 12 heteroatoms. The van der Waals surface area contributed by atoms with E-state index in [0.29, 0.717) is 78.8 Å². The van der Waals surface area contributed by atoms with Crippen molar-refractivity contribution in [3.8, 4) is 44.8 Å². The molecule has 4 aliphatic rings. The first-order valence-corrected chi connectivity index (χ1v) is 27.1. The number of rotatable bonds is 12. The number of hydrogen-bond acceptors (Lipinski definition) is 10. The summed E-state index contributed by atoms with van der Waals surface area (Å²) in [4.78, 5) is 64.0. The zero-order valence-electron chi connectivity index (χ0n) is 42.3. The van der Waals surface area contributed by atoms with Gasteiger partial charge in [0.25, 0.3) is 11.1 Å². The fourth-order valence-electron chi connectivity index (χ4n) is 12.1. The van der Waals surface area contributed by atoms with Crippen molar-refractivity contribution < 1.29 is 9.90 Å². The third-order valence-electron chi connectivity index (χ3n) is 15.8. The lowest BCUT2D eigenvalue weighted by Gasteiger charge is -2.34. The smallest absolute Gasteiger partial charge is 0.263 e. The fraction of sp³-hybridized carbons (Fsp3) is 0.371. The monoisotopic (exact) mass is 987 g/mol. The maximum atomic E-state index is 14.1. The van der Waals surface area contributed by atoms with Crippen LogP contribution in [-0.4, -0.2) is 72.2 Å². The van der Waals surface area contributed by atoms with Gasteiger partial charge in [-0.05, 0) is 100 Å². The molecule has 4 aromatic heterocycles. The van der Waals surface area contributed by atoms with Crippen LogP contribution >= 0.6 is 0 Å². The Morgan fingerprint density at radius 1 is 0.514 bits per heavy atom.